The summed E-state index contributed by atoms with van der Waals surface area (Å²) < 4.78 is 1.19. The van der Waals surface area contributed by atoms with Crippen LogP contribution in [0.3, 0.4) is 0 Å². The van der Waals surface area contributed by atoms with Crippen LogP contribution in [0.5, 0.6) is 0 Å². The lowest BCUT2D eigenvalue weighted by molar-refractivity contribution is -0.113. The molecule has 0 spiro atoms. The van der Waals surface area contributed by atoms with Crippen molar-refractivity contribution in [3.63, 3.8) is 0 Å². The van der Waals surface area contributed by atoms with Gasteiger partial charge in [-0.25, -0.2) is 4.98 Å². The van der Waals surface area contributed by atoms with Crippen LogP contribution in [0, 0.1) is 20.8 Å². The molecule has 184 valence electrons. The number of nitrogens with zero attached hydrogens (tertiary/aromatic N) is 3. The van der Waals surface area contributed by atoms with Crippen molar-refractivity contribution >= 4 is 49.6 Å². The van der Waals surface area contributed by atoms with E-state index in [2.05, 4.69) is 41.5 Å². The zero-order valence-corrected chi connectivity index (χ0v) is 21.9. The molecule has 0 aliphatic heterocycles. The number of aryl methyl sites for hydroxylation is 3. The predicted octanol–water partition coefficient (Wildman–Crippen LogP) is 8.55. The maximum absolute atomic E-state index is 13.0. The summed E-state index contributed by atoms with van der Waals surface area (Å²) in [6.07, 6.45) is 0. The van der Waals surface area contributed by atoms with Gasteiger partial charge in [0.25, 0.3) is 5.91 Å². The van der Waals surface area contributed by atoms with Crippen LogP contribution >= 0.6 is 11.3 Å². The molecule has 6 nitrogen and oxygen atoms in total. The zero-order valence-electron chi connectivity index (χ0n) is 21.0. The molecule has 0 unspecified atom stereocenters. The van der Waals surface area contributed by atoms with Gasteiger partial charge in [-0.2, -0.15) is 5.11 Å². The highest BCUT2D eigenvalue weighted by molar-refractivity contribution is 7.21. The van der Waals surface area contributed by atoms with Crippen molar-refractivity contribution in [3.8, 4) is 10.6 Å². The van der Waals surface area contributed by atoms with E-state index in [-0.39, 0.29) is 11.5 Å². The molecule has 5 aromatic rings. The van der Waals surface area contributed by atoms with Gasteiger partial charge in [0, 0.05) is 16.6 Å². The Hall–Kier alpha value is -4.36. The van der Waals surface area contributed by atoms with E-state index in [0.717, 1.165) is 32.4 Å². The first-order valence-electron chi connectivity index (χ1n) is 11.9. The van der Waals surface area contributed by atoms with Crippen molar-refractivity contribution in [2.24, 2.45) is 10.2 Å². The van der Waals surface area contributed by atoms with Gasteiger partial charge in [-0.05, 0) is 86.2 Å². The minimum atomic E-state index is -0.533. The van der Waals surface area contributed by atoms with E-state index in [1.807, 2.05) is 67.6 Å². The molecule has 4 aromatic carbocycles. The summed E-state index contributed by atoms with van der Waals surface area (Å²) in [6.45, 7) is 7.67. The number of aliphatic hydroxyl groups is 1. The van der Waals surface area contributed by atoms with Gasteiger partial charge < -0.3 is 10.4 Å². The Labute approximate surface area is 219 Å². The van der Waals surface area contributed by atoms with Crippen molar-refractivity contribution in [2.45, 2.75) is 27.7 Å². The van der Waals surface area contributed by atoms with E-state index in [1.54, 1.807) is 11.3 Å². The third kappa shape index (κ3) is 4.86. The van der Waals surface area contributed by atoms with E-state index in [9.17, 15) is 9.90 Å². The normalized spacial score (nSPS) is 12.3. The van der Waals surface area contributed by atoms with Gasteiger partial charge in [0.05, 0.1) is 15.9 Å². The summed E-state index contributed by atoms with van der Waals surface area (Å²) in [5.41, 5.74) is 6.65. The van der Waals surface area contributed by atoms with Gasteiger partial charge in [0.2, 0.25) is 0 Å². The fourth-order valence-electron chi connectivity index (χ4n) is 4.16. The number of benzene rings is 4. The Bertz CT molecular complexity index is 1710. The number of anilines is 1. The molecular formula is C30H26N4O2S. The summed E-state index contributed by atoms with van der Waals surface area (Å²) in [5, 5.41) is 24.2. The summed E-state index contributed by atoms with van der Waals surface area (Å²) in [6, 6.07) is 23.3. The van der Waals surface area contributed by atoms with Gasteiger partial charge in [-0.3, -0.25) is 4.79 Å². The number of aliphatic hydroxyl groups excluding tert-OH is 1. The molecule has 1 heterocycles. The number of carbonyl (C=O) groups excluding carboxylic acids is 1. The van der Waals surface area contributed by atoms with Gasteiger partial charge in [0.1, 0.15) is 10.8 Å². The predicted molar refractivity (Wildman–Crippen MR) is 152 cm³/mol. The number of nitrogens with one attached hydrogen (secondary N) is 1. The van der Waals surface area contributed by atoms with Crippen molar-refractivity contribution in [2.75, 3.05) is 5.32 Å². The number of allylic oxidation sites excluding steroid dienone is 1. The largest absolute Gasteiger partial charge is 0.510 e. The molecule has 0 bridgehead atoms. The molecule has 2 N–H and O–H groups in total. The average Bonchev–Trinajstić information content (AvgIpc) is 3.32. The molecule has 0 radical (unpaired) electrons. The molecule has 0 fully saturated rings. The van der Waals surface area contributed by atoms with Gasteiger partial charge in [0.15, 0.2) is 5.70 Å². The van der Waals surface area contributed by atoms with Crippen LogP contribution in [0.1, 0.15) is 23.6 Å². The Kier molecular flexibility index (Phi) is 6.54. The van der Waals surface area contributed by atoms with Gasteiger partial charge in [-0.15, -0.1) is 16.5 Å². The third-order valence-electron chi connectivity index (χ3n) is 6.40. The van der Waals surface area contributed by atoms with E-state index in [1.165, 1.54) is 22.8 Å². The van der Waals surface area contributed by atoms with E-state index >= 15 is 0 Å². The highest BCUT2D eigenvalue weighted by Crippen LogP contribution is 2.34. The van der Waals surface area contributed by atoms with Crippen molar-refractivity contribution in [3.05, 3.63) is 101 Å². The Morgan fingerprint density at radius 2 is 1.62 bits per heavy atom. The molecule has 0 saturated heterocycles. The van der Waals surface area contributed by atoms with Crippen LogP contribution in [0.25, 0.3) is 31.6 Å². The number of thiazole rings is 1. The number of hydrogen-bond donors (Lipinski definition) is 2. The summed E-state index contributed by atoms with van der Waals surface area (Å²) in [5.74, 6) is -0.746. The standard InChI is InChI=1S/C30H26N4O2S/c1-17-11-16-26-28(19(17)3)37-30(32-26)21-12-14-22(15-13-21)33-34-27(20(4)35)29(36)31-25-10-6-8-23-18(2)7-5-9-24(23)25/h5-16,35H,1-4H3,(H,31,36)/b27-20+,34-33+. The van der Waals surface area contributed by atoms with Crippen molar-refractivity contribution < 1.29 is 9.90 Å². The van der Waals surface area contributed by atoms with Crippen LogP contribution in [0.4, 0.5) is 11.4 Å². The van der Waals surface area contributed by atoms with Crippen molar-refractivity contribution in [1.82, 2.24) is 4.98 Å². The molecule has 0 aliphatic carbocycles. The Morgan fingerprint density at radius 1 is 0.892 bits per heavy atom. The van der Waals surface area contributed by atoms with Crippen LogP contribution in [-0.2, 0) is 4.79 Å². The lowest BCUT2D eigenvalue weighted by atomic mass is 10.0. The first kappa shape index (κ1) is 24.3. The number of carbonyl (C=O) groups is 1. The van der Waals surface area contributed by atoms with Crippen LogP contribution in [0.2, 0.25) is 0 Å². The van der Waals surface area contributed by atoms with Crippen molar-refractivity contribution in [1.29, 1.82) is 0 Å². The first-order chi connectivity index (χ1) is 17.8. The maximum atomic E-state index is 13.0. The average molecular weight is 507 g/mol. The minimum absolute atomic E-state index is 0.147. The second-order valence-electron chi connectivity index (χ2n) is 8.99. The smallest absolute Gasteiger partial charge is 0.279 e. The molecule has 37 heavy (non-hydrogen) atoms. The minimum Gasteiger partial charge on any atom is -0.510 e. The highest BCUT2D eigenvalue weighted by Gasteiger charge is 2.15. The molecule has 1 amide bonds. The molecule has 5 rings (SSSR count). The number of amides is 1. The van der Waals surface area contributed by atoms with Crippen LogP contribution < -0.4 is 5.32 Å². The fourth-order valence-corrected chi connectivity index (χ4v) is 5.29. The van der Waals surface area contributed by atoms with Gasteiger partial charge in [-0.1, -0.05) is 36.4 Å². The monoisotopic (exact) mass is 506 g/mol. The maximum Gasteiger partial charge on any atom is 0.279 e. The van der Waals surface area contributed by atoms with E-state index in [4.69, 9.17) is 4.98 Å². The molecule has 1 aromatic heterocycles. The molecular weight excluding hydrogens is 480 g/mol. The summed E-state index contributed by atoms with van der Waals surface area (Å²) in [4.78, 5) is 17.8. The Balaban J connectivity index is 1.36. The molecule has 0 aliphatic rings. The number of aromatic nitrogens is 1. The SMILES string of the molecule is C/C(O)=C(\N=N\c1ccc(-c2nc3ccc(C)c(C)c3s2)cc1)C(=O)Nc1cccc2c(C)cccc12. The number of fused-ring (bicyclic) bond motifs is 2. The van der Waals surface area contributed by atoms with Crippen LogP contribution in [-0.4, -0.2) is 16.0 Å². The second kappa shape index (κ2) is 9.95. The van der Waals surface area contributed by atoms with Gasteiger partial charge >= 0.3 is 0 Å². The lowest BCUT2D eigenvalue weighted by Gasteiger charge is -2.10. The Morgan fingerprint density at radius 3 is 2.38 bits per heavy atom. The quantitative estimate of drug-likeness (QED) is 0.142. The second-order valence-corrected chi connectivity index (χ2v) is 9.98. The molecule has 0 saturated carbocycles. The van der Waals surface area contributed by atoms with E-state index < -0.39 is 5.91 Å². The highest BCUT2D eigenvalue weighted by atomic mass is 32.1. The van der Waals surface area contributed by atoms with E-state index in [0.29, 0.717) is 11.4 Å². The number of azo groups is 1. The fraction of sp³-hybridized carbons (Fsp3) is 0.133. The topological polar surface area (TPSA) is 86.9 Å². The number of hydrogen-bond acceptors (Lipinski definition) is 6. The first-order valence-corrected chi connectivity index (χ1v) is 12.7. The number of rotatable bonds is 5. The summed E-state index contributed by atoms with van der Waals surface area (Å²) in [7, 11) is 0. The molecule has 7 heteroatoms. The summed E-state index contributed by atoms with van der Waals surface area (Å²) >= 11 is 1.67. The van der Waals surface area contributed by atoms with Crippen LogP contribution in [0.15, 0.2) is 94.5 Å². The third-order valence-corrected chi connectivity index (χ3v) is 7.64. The lowest BCUT2D eigenvalue weighted by Crippen LogP contribution is -2.14. The zero-order chi connectivity index (χ0) is 26.1. The molecule has 0 atom stereocenters.